The molecule has 0 saturated heterocycles. The van der Waals surface area contributed by atoms with Crippen molar-refractivity contribution in [1.29, 1.82) is 0 Å². The minimum atomic E-state index is -0.936. The van der Waals surface area contributed by atoms with Crippen molar-refractivity contribution in [2.24, 2.45) is 5.92 Å². The maximum Gasteiger partial charge on any atom is 0.408 e. The lowest BCUT2D eigenvalue weighted by atomic mass is 10.0. The van der Waals surface area contributed by atoms with Gasteiger partial charge in [0, 0.05) is 12.1 Å². The molecule has 0 aromatic heterocycles. The molecule has 1 fully saturated rings. The van der Waals surface area contributed by atoms with Crippen LogP contribution in [0.1, 0.15) is 66.0 Å². The van der Waals surface area contributed by atoms with Gasteiger partial charge in [-0.3, -0.25) is 9.59 Å². The molecule has 0 heterocycles. The maximum absolute atomic E-state index is 14.0. The summed E-state index contributed by atoms with van der Waals surface area (Å²) in [6, 6.07) is 4.37. The second-order valence-electron chi connectivity index (χ2n) is 10.2. The summed E-state index contributed by atoms with van der Waals surface area (Å²) in [5.74, 6) is 0.227. The summed E-state index contributed by atoms with van der Waals surface area (Å²) >= 11 is 1.57. The summed E-state index contributed by atoms with van der Waals surface area (Å²) in [5, 5.41) is 15.7. The van der Waals surface area contributed by atoms with Gasteiger partial charge >= 0.3 is 6.09 Å². The van der Waals surface area contributed by atoms with Crippen LogP contribution in [0.4, 0.5) is 4.79 Å². The number of phenols is 1. The van der Waals surface area contributed by atoms with Crippen molar-refractivity contribution in [3.05, 3.63) is 29.8 Å². The van der Waals surface area contributed by atoms with E-state index in [9.17, 15) is 19.5 Å². The van der Waals surface area contributed by atoms with Crippen LogP contribution in [-0.4, -0.2) is 63.6 Å². The number of hydrogen-bond acceptors (Lipinski definition) is 6. The molecule has 0 bridgehead atoms. The molecule has 9 heteroatoms. The maximum atomic E-state index is 14.0. The van der Waals surface area contributed by atoms with E-state index in [0.29, 0.717) is 17.7 Å². The van der Waals surface area contributed by atoms with E-state index in [1.54, 1.807) is 49.6 Å². The number of benzene rings is 1. The number of amides is 3. The van der Waals surface area contributed by atoms with Crippen LogP contribution in [0.5, 0.6) is 5.75 Å². The molecular weight excluding hydrogens is 454 g/mol. The van der Waals surface area contributed by atoms with Crippen LogP contribution < -0.4 is 10.6 Å². The topological polar surface area (TPSA) is 108 Å². The molecule has 190 valence electrons. The largest absolute Gasteiger partial charge is 0.508 e. The molecule has 0 aliphatic heterocycles. The molecular formula is C25H39N3O5S. The molecule has 1 aromatic rings. The van der Waals surface area contributed by atoms with Crippen LogP contribution in [0.25, 0.3) is 0 Å². The number of aromatic hydroxyl groups is 1. The Balaban J connectivity index is 2.46. The van der Waals surface area contributed by atoms with Gasteiger partial charge in [0.2, 0.25) is 11.8 Å². The van der Waals surface area contributed by atoms with Gasteiger partial charge in [-0.25, -0.2) is 4.79 Å². The number of carbonyl (C=O) groups excluding carboxylic acids is 3. The van der Waals surface area contributed by atoms with Crippen molar-refractivity contribution >= 4 is 29.7 Å². The summed E-state index contributed by atoms with van der Waals surface area (Å²) in [6.07, 6.45) is 2.42. The predicted molar refractivity (Wildman–Crippen MR) is 135 cm³/mol. The molecule has 2 rings (SSSR count). The normalized spacial score (nSPS) is 19.2. The highest BCUT2D eigenvalue weighted by Gasteiger charge is 2.48. The highest BCUT2D eigenvalue weighted by atomic mass is 32.2. The number of alkyl carbamates (subject to hydrolysis) is 1. The van der Waals surface area contributed by atoms with Gasteiger partial charge in [0.1, 0.15) is 23.4 Å². The predicted octanol–water partition coefficient (Wildman–Crippen LogP) is 3.84. The molecule has 0 spiro atoms. The van der Waals surface area contributed by atoms with E-state index in [0.717, 1.165) is 6.42 Å². The molecule has 8 nitrogen and oxygen atoms in total. The molecule has 1 aliphatic carbocycles. The van der Waals surface area contributed by atoms with Crippen molar-refractivity contribution in [2.45, 2.75) is 84.2 Å². The van der Waals surface area contributed by atoms with Crippen molar-refractivity contribution < 1.29 is 24.2 Å². The van der Waals surface area contributed by atoms with E-state index < -0.39 is 23.8 Å². The fraction of sp³-hybridized carbons (Fsp3) is 0.640. The third-order valence-corrected chi connectivity index (χ3v) is 6.07. The van der Waals surface area contributed by atoms with Gasteiger partial charge in [0.25, 0.3) is 0 Å². The lowest BCUT2D eigenvalue weighted by Gasteiger charge is -2.35. The zero-order valence-corrected chi connectivity index (χ0v) is 22.1. The van der Waals surface area contributed by atoms with E-state index in [2.05, 4.69) is 10.6 Å². The Labute approximate surface area is 207 Å². The van der Waals surface area contributed by atoms with E-state index in [1.165, 1.54) is 12.1 Å². The highest BCUT2D eigenvalue weighted by Crippen LogP contribution is 2.41. The fourth-order valence-corrected chi connectivity index (χ4v) is 4.26. The minimum Gasteiger partial charge on any atom is -0.508 e. The first-order chi connectivity index (χ1) is 15.8. The van der Waals surface area contributed by atoms with Crippen LogP contribution in [0.3, 0.4) is 0 Å². The number of ether oxygens (including phenoxy) is 1. The molecule has 3 amide bonds. The second kappa shape index (κ2) is 11.8. The van der Waals surface area contributed by atoms with Crippen molar-refractivity contribution in [3.63, 3.8) is 0 Å². The number of nitrogens with one attached hydrogen (secondary N) is 2. The molecule has 1 aromatic carbocycles. The zero-order chi connectivity index (χ0) is 25.6. The molecule has 4 atom stereocenters. The average Bonchev–Trinajstić information content (AvgIpc) is 3.42. The quantitative estimate of drug-likeness (QED) is 0.457. The molecule has 4 unspecified atom stereocenters. The lowest BCUT2D eigenvalue weighted by Crippen LogP contribution is -2.54. The van der Waals surface area contributed by atoms with Gasteiger partial charge in [-0.15, -0.1) is 0 Å². The summed E-state index contributed by atoms with van der Waals surface area (Å²) in [5.41, 5.74) is -0.185. The molecule has 0 radical (unpaired) electrons. The monoisotopic (exact) mass is 493 g/mol. The van der Waals surface area contributed by atoms with E-state index in [4.69, 9.17) is 4.74 Å². The number of nitrogens with zero attached hydrogens (tertiary/aromatic N) is 1. The molecule has 34 heavy (non-hydrogen) atoms. The Hall–Kier alpha value is -2.42. The van der Waals surface area contributed by atoms with E-state index in [-0.39, 0.29) is 35.6 Å². The van der Waals surface area contributed by atoms with Crippen LogP contribution in [0.15, 0.2) is 24.3 Å². The number of phenolic OH excluding ortho intramolecular Hbond substituents is 1. The fourth-order valence-electron chi connectivity index (χ4n) is 3.79. The summed E-state index contributed by atoms with van der Waals surface area (Å²) in [6.45, 7) is 11.0. The zero-order valence-electron chi connectivity index (χ0n) is 21.3. The van der Waals surface area contributed by atoms with Gasteiger partial charge in [-0.2, -0.15) is 11.8 Å². The summed E-state index contributed by atoms with van der Waals surface area (Å²) in [4.78, 5) is 41.5. The van der Waals surface area contributed by atoms with Crippen LogP contribution >= 0.6 is 11.8 Å². The molecule has 3 N–H and O–H groups in total. The second-order valence-corrected chi connectivity index (χ2v) is 11.2. The van der Waals surface area contributed by atoms with Crippen molar-refractivity contribution in [2.75, 3.05) is 12.0 Å². The van der Waals surface area contributed by atoms with Gasteiger partial charge in [0.15, 0.2) is 0 Å². The number of thioether (sulfide) groups is 1. The van der Waals surface area contributed by atoms with Crippen molar-refractivity contribution in [1.82, 2.24) is 15.5 Å². The first-order valence-corrected chi connectivity index (χ1v) is 13.1. The van der Waals surface area contributed by atoms with Gasteiger partial charge in [-0.05, 0) is 83.1 Å². The first kappa shape index (κ1) is 27.8. The Morgan fingerprint density at radius 2 is 1.88 bits per heavy atom. The van der Waals surface area contributed by atoms with Crippen molar-refractivity contribution in [3.8, 4) is 5.75 Å². The lowest BCUT2D eigenvalue weighted by molar-refractivity contribution is -0.143. The summed E-state index contributed by atoms with van der Waals surface area (Å²) < 4.78 is 5.40. The number of carbonyl (C=O) groups is 3. The smallest absolute Gasteiger partial charge is 0.408 e. The Bertz CT molecular complexity index is 870. The van der Waals surface area contributed by atoms with Gasteiger partial charge < -0.3 is 25.4 Å². The van der Waals surface area contributed by atoms with E-state index >= 15 is 0 Å². The third-order valence-electron chi connectivity index (χ3n) is 5.42. The highest BCUT2D eigenvalue weighted by molar-refractivity contribution is 7.98. The van der Waals surface area contributed by atoms with Gasteiger partial charge in [-0.1, -0.05) is 19.1 Å². The Morgan fingerprint density at radius 1 is 1.24 bits per heavy atom. The van der Waals surface area contributed by atoms with Crippen LogP contribution in [-0.2, 0) is 14.3 Å². The standard InChI is InChI=1S/C25H39N3O5S/c1-15(2)26-22(30)21(17-9-8-10-18(29)14-17)28(20-13-16(20)3)23(31)19(11-12-34-7)27-24(32)33-25(4,5)6/h8-10,14-16,19-21,29H,11-13H2,1-7H3,(H,26,30)(H,27,32). The SMILES string of the molecule is CSCCC(NC(=O)OC(C)(C)C)C(=O)N(C(C(=O)NC(C)C)c1cccc(O)c1)C1CC1C. The first-order valence-electron chi connectivity index (χ1n) is 11.7. The average molecular weight is 494 g/mol. The number of hydrogen-bond donors (Lipinski definition) is 3. The molecule has 1 saturated carbocycles. The minimum absolute atomic E-state index is 0.0157. The molecule has 1 aliphatic rings. The van der Waals surface area contributed by atoms with Crippen LogP contribution in [0.2, 0.25) is 0 Å². The van der Waals surface area contributed by atoms with E-state index in [1.807, 2.05) is 27.0 Å². The summed E-state index contributed by atoms with van der Waals surface area (Å²) in [7, 11) is 0. The number of rotatable bonds is 10. The van der Waals surface area contributed by atoms with Crippen LogP contribution in [0, 0.1) is 5.92 Å². The Morgan fingerprint density at radius 3 is 2.38 bits per heavy atom. The van der Waals surface area contributed by atoms with Gasteiger partial charge in [0.05, 0.1) is 0 Å². The Kier molecular flexibility index (Phi) is 9.67. The third kappa shape index (κ3) is 8.11.